The topological polar surface area (TPSA) is 72.6 Å². The molecule has 0 aliphatic heterocycles. The number of anilines is 1. The van der Waals surface area contributed by atoms with Gasteiger partial charge in [-0.3, -0.25) is 4.79 Å². The largest absolute Gasteiger partial charge is 0.508 e. The number of ether oxygens (including phenoxy) is 1. The van der Waals surface area contributed by atoms with E-state index in [1.807, 2.05) is 24.3 Å². The van der Waals surface area contributed by atoms with Gasteiger partial charge in [0.2, 0.25) is 0 Å². The molecule has 0 fully saturated rings. The number of nitrogens with two attached hydrogens (primary N) is 1. The molecule has 0 bridgehead atoms. The number of hydrogen-bond acceptors (Lipinski definition) is 4. The van der Waals surface area contributed by atoms with E-state index in [4.69, 9.17) is 15.6 Å². The molecule has 0 amide bonds. The number of phenolic OH excluding ortho intramolecular Hbond substituents is 1. The molecule has 104 valence electrons. The van der Waals surface area contributed by atoms with Crippen LogP contribution in [0, 0.1) is 0 Å². The van der Waals surface area contributed by atoms with Gasteiger partial charge >= 0.3 is 5.97 Å². The first-order chi connectivity index (χ1) is 9.63. The Morgan fingerprint density at radius 2 is 1.85 bits per heavy atom. The van der Waals surface area contributed by atoms with Crippen LogP contribution in [-0.4, -0.2) is 11.1 Å². The first-order valence-corrected chi connectivity index (χ1v) is 6.41. The van der Waals surface area contributed by atoms with Crippen molar-refractivity contribution in [3.63, 3.8) is 0 Å². The maximum Gasteiger partial charge on any atom is 0.306 e. The van der Waals surface area contributed by atoms with Crippen molar-refractivity contribution in [3.05, 3.63) is 59.7 Å². The Morgan fingerprint density at radius 3 is 2.55 bits per heavy atom. The predicted molar refractivity (Wildman–Crippen MR) is 77.1 cm³/mol. The van der Waals surface area contributed by atoms with Crippen molar-refractivity contribution < 1.29 is 14.6 Å². The van der Waals surface area contributed by atoms with Gasteiger partial charge in [0.15, 0.2) is 0 Å². The minimum atomic E-state index is -0.250. The fourth-order valence-corrected chi connectivity index (χ4v) is 1.82. The molecule has 2 aromatic rings. The van der Waals surface area contributed by atoms with Crippen LogP contribution in [0.1, 0.15) is 17.5 Å². The summed E-state index contributed by atoms with van der Waals surface area (Å²) in [4.78, 5) is 11.6. The Morgan fingerprint density at radius 1 is 1.10 bits per heavy atom. The third-order valence-electron chi connectivity index (χ3n) is 2.91. The number of esters is 1. The van der Waals surface area contributed by atoms with E-state index in [1.165, 1.54) is 0 Å². The van der Waals surface area contributed by atoms with Gasteiger partial charge in [-0.1, -0.05) is 24.3 Å². The highest BCUT2D eigenvalue weighted by Crippen LogP contribution is 2.12. The highest BCUT2D eigenvalue weighted by Gasteiger charge is 2.04. The first kappa shape index (κ1) is 13.9. The average molecular weight is 271 g/mol. The molecule has 0 unspecified atom stereocenters. The van der Waals surface area contributed by atoms with Gasteiger partial charge in [-0.25, -0.2) is 0 Å². The molecule has 0 aromatic heterocycles. The second-order valence-electron chi connectivity index (χ2n) is 4.57. The van der Waals surface area contributed by atoms with Crippen LogP contribution in [0.4, 0.5) is 5.69 Å². The molecular weight excluding hydrogens is 254 g/mol. The van der Waals surface area contributed by atoms with Crippen molar-refractivity contribution in [2.75, 3.05) is 5.73 Å². The van der Waals surface area contributed by atoms with Gasteiger partial charge in [0.1, 0.15) is 12.4 Å². The summed E-state index contributed by atoms with van der Waals surface area (Å²) >= 11 is 0. The molecule has 0 saturated carbocycles. The molecule has 0 aliphatic carbocycles. The van der Waals surface area contributed by atoms with Gasteiger partial charge in [-0.2, -0.15) is 0 Å². The lowest BCUT2D eigenvalue weighted by molar-refractivity contribution is -0.144. The van der Waals surface area contributed by atoms with Crippen molar-refractivity contribution >= 4 is 11.7 Å². The Kier molecular flexibility index (Phi) is 4.60. The highest BCUT2D eigenvalue weighted by molar-refractivity contribution is 5.69. The Labute approximate surface area is 117 Å². The van der Waals surface area contributed by atoms with Crippen molar-refractivity contribution in [2.24, 2.45) is 0 Å². The summed E-state index contributed by atoms with van der Waals surface area (Å²) in [5.41, 5.74) is 8.24. The number of nitrogen functional groups attached to an aromatic ring is 1. The normalized spacial score (nSPS) is 10.2. The van der Waals surface area contributed by atoms with Gasteiger partial charge in [-0.15, -0.1) is 0 Å². The summed E-state index contributed by atoms with van der Waals surface area (Å²) in [5, 5.41) is 9.15. The van der Waals surface area contributed by atoms with Gasteiger partial charge in [-0.05, 0) is 41.8 Å². The standard InChI is InChI=1S/C16H17NO3/c17-14-3-1-2-12(10-14)6-9-16(19)20-11-13-4-7-15(18)8-5-13/h1-5,7-8,10,18H,6,9,11,17H2. The van der Waals surface area contributed by atoms with Crippen LogP contribution < -0.4 is 5.73 Å². The van der Waals surface area contributed by atoms with Crippen LogP contribution in [0.5, 0.6) is 5.75 Å². The number of carbonyl (C=O) groups excluding carboxylic acids is 1. The number of hydrogen-bond donors (Lipinski definition) is 2. The lowest BCUT2D eigenvalue weighted by Crippen LogP contribution is -2.06. The molecular formula is C16H17NO3. The third-order valence-corrected chi connectivity index (χ3v) is 2.91. The third kappa shape index (κ3) is 4.31. The average Bonchev–Trinajstić information content (AvgIpc) is 2.45. The highest BCUT2D eigenvalue weighted by atomic mass is 16.5. The summed E-state index contributed by atoms with van der Waals surface area (Å²) in [5.74, 6) is -0.0535. The van der Waals surface area contributed by atoms with E-state index in [-0.39, 0.29) is 18.3 Å². The van der Waals surface area contributed by atoms with Crippen LogP contribution in [0.3, 0.4) is 0 Å². The van der Waals surface area contributed by atoms with E-state index < -0.39 is 0 Å². The van der Waals surface area contributed by atoms with Gasteiger partial charge in [0.25, 0.3) is 0 Å². The second kappa shape index (κ2) is 6.61. The summed E-state index contributed by atoms with van der Waals surface area (Å²) < 4.78 is 5.17. The summed E-state index contributed by atoms with van der Waals surface area (Å²) in [7, 11) is 0. The van der Waals surface area contributed by atoms with Crippen LogP contribution in [0.25, 0.3) is 0 Å². The molecule has 0 radical (unpaired) electrons. The number of rotatable bonds is 5. The maximum absolute atomic E-state index is 11.6. The SMILES string of the molecule is Nc1cccc(CCC(=O)OCc2ccc(O)cc2)c1. The quantitative estimate of drug-likeness (QED) is 0.647. The van der Waals surface area contributed by atoms with E-state index in [9.17, 15) is 4.79 Å². The van der Waals surface area contributed by atoms with Gasteiger partial charge in [0, 0.05) is 12.1 Å². The Balaban J connectivity index is 1.77. The van der Waals surface area contributed by atoms with Crippen molar-refractivity contribution in [2.45, 2.75) is 19.4 Å². The fourth-order valence-electron chi connectivity index (χ4n) is 1.82. The fraction of sp³-hybridized carbons (Fsp3) is 0.188. The zero-order valence-corrected chi connectivity index (χ0v) is 11.1. The zero-order chi connectivity index (χ0) is 14.4. The summed E-state index contributed by atoms with van der Waals surface area (Å²) in [6.07, 6.45) is 0.932. The molecule has 4 nitrogen and oxygen atoms in total. The minimum absolute atomic E-state index is 0.196. The van der Waals surface area contributed by atoms with Gasteiger partial charge < -0.3 is 15.6 Å². The lowest BCUT2D eigenvalue weighted by atomic mass is 10.1. The number of aromatic hydroxyl groups is 1. The number of benzene rings is 2. The first-order valence-electron chi connectivity index (χ1n) is 6.41. The molecule has 0 atom stereocenters. The summed E-state index contributed by atoms with van der Waals surface area (Å²) in [6, 6.07) is 14.0. The van der Waals surface area contributed by atoms with E-state index in [1.54, 1.807) is 24.3 Å². The Bertz CT molecular complexity index is 579. The van der Waals surface area contributed by atoms with Crippen LogP contribution >= 0.6 is 0 Å². The van der Waals surface area contributed by atoms with Crippen molar-refractivity contribution in [3.8, 4) is 5.75 Å². The molecule has 4 heteroatoms. The molecule has 0 saturated heterocycles. The summed E-state index contributed by atoms with van der Waals surface area (Å²) in [6.45, 7) is 0.218. The zero-order valence-electron chi connectivity index (χ0n) is 11.1. The molecule has 2 aromatic carbocycles. The van der Waals surface area contributed by atoms with E-state index >= 15 is 0 Å². The lowest BCUT2D eigenvalue weighted by Gasteiger charge is -2.06. The molecule has 3 N–H and O–H groups in total. The van der Waals surface area contributed by atoms with E-state index in [2.05, 4.69) is 0 Å². The second-order valence-corrected chi connectivity index (χ2v) is 4.57. The van der Waals surface area contributed by atoms with Crippen molar-refractivity contribution in [1.29, 1.82) is 0 Å². The van der Waals surface area contributed by atoms with Crippen molar-refractivity contribution in [1.82, 2.24) is 0 Å². The number of phenols is 1. The predicted octanol–water partition coefficient (Wildman–Crippen LogP) is 2.65. The van der Waals surface area contributed by atoms with Crippen LogP contribution in [-0.2, 0) is 22.6 Å². The van der Waals surface area contributed by atoms with Gasteiger partial charge in [0.05, 0.1) is 0 Å². The molecule has 0 aliphatic rings. The smallest absolute Gasteiger partial charge is 0.306 e. The Hall–Kier alpha value is -2.49. The maximum atomic E-state index is 11.6. The van der Waals surface area contributed by atoms with E-state index in [0.29, 0.717) is 18.5 Å². The molecule has 0 heterocycles. The van der Waals surface area contributed by atoms with Crippen LogP contribution in [0.15, 0.2) is 48.5 Å². The number of carbonyl (C=O) groups is 1. The van der Waals surface area contributed by atoms with Crippen LogP contribution in [0.2, 0.25) is 0 Å². The van der Waals surface area contributed by atoms with E-state index in [0.717, 1.165) is 11.1 Å². The minimum Gasteiger partial charge on any atom is -0.508 e. The molecule has 2 rings (SSSR count). The molecule has 0 spiro atoms. The molecule has 20 heavy (non-hydrogen) atoms. The monoisotopic (exact) mass is 271 g/mol. The number of aryl methyl sites for hydroxylation is 1.